The van der Waals surface area contributed by atoms with Crippen LogP contribution in [0.2, 0.25) is 0 Å². The Balaban J connectivity index is 1.34. The molecule has 0 aliphatic carbocycles. The SMILES string of the molecule is Cc1nnc(C2CC3(CCN(Cc4cccnc4)CC3)CN2C(=O)c2ccccc2)o1. The highest BCUT2D eigenvalue weighted by Crippen LogP contribution is 2.49. The van der Waals surface area contributed by atoms with Gasteiger partial charge in [-0.2, -0.15) is 0 Å². The Hall–Kier alpha value is -3.06. The monoisotopic (exact) mass is 417 g/mol. The zero-order valence-electron chi connectivity index (χ0n) is 17.8. The van der Waals surface area contributed by atoms with E-state index in [1.807, 2.05) is 53.7 Å². The normalized spacial score (nSPS) is 20.9. The Morgan fingerprint density at radius 3 is 2.61 bits per heavy atom. The minimum Gasteiger partial charge on any atom is -0.423 e. The van der Waals surface area contributed by atoms with Gasteiger partial charge in [0.25, 0.3) is 5.91 Å². The smallest absolute Gasteiger partial charge is 0.254 e. The van der Waals surface area contributed by atoms with Crippen LogP contribution in [0.4, 0.5) is 0 Å². The molecule has 1 aromatic carbocycles. The first-order valence-electron chi connectivity index (χ1n) is 10.9. The summed E-state index contributed by atoms with van der Waals surface area (Å²) in [6.45, 7) is 5.47. The van der Waals surface area contributed by atoms with Crippen LogP contribution >= 0.6 is 0 Å². The highest BCUT2D eigenvalue weighted by atomic mass is 16.4. The average Bonchev–Trinajstić information content (AvgIpc) is 3.40. The van der Waals surface area contributed by atoms with E-state index in [0.29, 0.717) is 17.3 Å². The molecule has 1 atom stereocenters. The molecule has 1 spiro atoms. The Morgan fingerprint density at radius 2 is 1.94 bits per heavy atom. The van der Waals surface area contributed by atoms with E-state index in [0.717, 1.165) is 45.4 Å². The Kier molecular flexibility index (Phi) is 5.28. The van der Waals surface area contributed by atoms with Gasteiger partial charge in [-0.25, -0.2) is 0 Å². The van der Waals surface area contributed by atoms with Gasteiger partial charge in [-0.15, -0.1) is 10.2 Å². The van der Waals surface area contributed by atoms with E-state index in [1.54, 1.807) is 6.92 Å². The van der Waals surface area contributed by atoms with Crippen LogP contribution in [-0.2, 0) is 6.54 Å². The Labute approximate surface area is 182 Å². The van der Waals surface area contributed by atoms with Gasteiger partial charge in [-0.05, 0) is 61.5 Å². The summed E-state index contributed by atoms with van der Waals surface area (Å²) in [5.41, 5.74) is 2.03. The van der Waals surface area contributed by atoms with Crippen molar-refractivity contribution in [2.75, 3.05) is 19.6 Å². The number of rotatable bonds is 4. The maximum atomic E-state index is 13.4. The summed E-state index contributed by atoms with van der Waals surface area (Å²) >= 11 is 0. The third kappa shape index (κ3) is 4.10. The van der Waals surface area contributed by atoms with Gasteiger partial charge in [-0.1, -0.05) is 24.3 Å². The zero-order chi connectivity index (χ0) is 21.3. The van der Waals surface area contributed by atoms with E-state index >= 15 is 0 Å². The second kappa shape index (κ2) is 8.23. The number of hydrogen-bond acceptors (Lipinski definition) is 6. The van der Waals surface area contributed by atoms with Gasteiger partial charge in [0, 0.05) is 38.0 Å². The van der Waals surface area contributed by atoms with E-state index in [1.165, 1.54) is 5.56 Å². The van der Waals surface area contributed by atoms with E-state index in [2.05, 4.69) is 26.1 Å². The molecule has 0 N–H and O–H groups in total. The largest absolute Gasteiger partial charge is 0.423 e. The molecule has 160 valence electrons. The lowest BCUT2D eigenvalue weighted by Gasteiger charge is -2.39. The second-order valence-electron chi connectivity index (χ2n) is 8.82. The number of likely N-dealkylation sites (tertiary alicyclic amines) is 2. The molecule has 0 radical (unpaired) electrons. The Morgan fingerprint density at radius 1 is 1.13 bits per heavy atom. The maximum Gasteiger partial charge on any atom is 0.254 e. The molecule has 2 aliphatic heterocycles. The van der Waals surface area contributed by atoms with Crippen LogP contribution in [0.25, 0.3) is 0 Å². The molecule has 0 saturated carbocycles. The third-order valence-corrected chi connectivity index (χ3v) is 6.66. The molecule has 2 fully saturated rings. The molecule has 5 rings (SSSR count). The quantitative estimate of drug-likeness (QED) is 0.645. The van der Waals surface area contributed by atoms with Crippen molar-refractivity contribution in [1.29, 1.82) is 0 Å². The lowest BCUT2D eigenvalue weighted by molar-refractivity contribution is 0.0667. The summed E-state index contributed by atoms with van der Waals surface area (Å²) in [6, 6.07) is 13.4. The number of aromatic nitrogens is 3. The molecule has 1 unspecified atom stereocenters. The molecule has 1 amide bonds. The first-order valence-corrected chi connectivity index (χ1v) is 10.9. The number of pyridine rings is 1. The Bertz CT molecular complexity index is 1030. The summed E-state index contributed by atoms with van der Waals surface area (Å²) in [5, 5.41) is 8.30. The number of benzene rings is 1. The van der Waals surface area contributed by atoms with Crippen molar-refractivity contribution in [2.45, 2.75) is 38.8 Å². The molecule has 2 saturated heterocycles. The van der Waals surface area contributed by atoms with Gasteiger partial charge in [0.2, 0.25) is 11.8 Å². The predicted octanol–water partition coefficient (Wildman–Crippen LogP) is 3.64. The first-order chi connectivity index (χ1) is 15.1. The number of aryl methyl sites for hydroxylation is 1. The van der Waals surface area contributed by atoms with Crippen molar-refractivity contribution in [1.82, 2.24) is 25.0 Å². The molecular weight excluding hydrogens is 390 g/mol. The van der Waals surface area contributed by atoms with Gasteiger partial charge in [0.05, 0.1) is 0 Å². The first kappa shape index (κ1) is 19.9. The van der Waals surface area contributed by atoms with Crippen LogP contribution in [0.5, 0.6) is 0 Å². The van der Waals surface area contributed by atoms with Gasteiger partial charge in [0.15, 0.2) is 0 Å². The molecule has 3 aromatic rings. The predicted molar refractivity (Wildman–Crippen MR) is 115 cm³/mol. The minimum absolute atomic E-state index is 0.0381. The molecular formula is C24H27N5O2. The lowest BCUT2D eigenvalue weighted by Crippen LogP contribution is -2.42. The molecule has 7 nitrogen and oxygen atoms in total. The van der Waals surface area contributed by atoms with Gasteiger partial charge in [-0.3, -0.25) is 14.7 Å². The summed E-state index contributed by atoms with van der Waals surface area (Å²) < 4.78 is 5.78. The number of amides is 1. The summed E-state index contributed by atoms with van der Waals surface area (Å²) in [5.74, 6) is 1.13. The third-order valence-electron chi connectivity index (χ3n) is 6.66. The van der Waals surface area contributed by atoms with Crippen LogP contribution < -0.4 is 0 Å². The zero-order valence-corrected chi connectivity index (χ0v) is 17.8. The molecule has 7 heteroatoms. The van der Waals surface area contributed by atoms with Gasteiger partial charge >= 0.3 is 0 Å². The van der Waals surface area contributed by atoms with Crippen LogP contribution in [0.1, 0.15) is 53.0 Å². The standard InChI is InChI=1S/C24H27N5O2/c1-18-26-27-22(31-18)21-14-24(17-29(21)23(30)20-7-3-2-4-8-20)9-12-28(13-10-24)16-19-6-5-11-25-15-19/h2-8,11,15,21H,9-10,12-14,16-17H2,1H3. The van der Waals surface area contributed by atoms with E-state index < -0.39 is 0 Å². The van der Waals surface area contributed by atoms with Gasteiger partial charge in [0.1, 0.15) is 6.04 Å². The number of carbonyl (C=O) groups is 1. The maximum absolute atomic E-state index is 13.4. The van der Waals surface area contributed by atoms with E-state index in [4.69, 9.17) is 4.42 Å². The number of nitrogens with zero attached hydrogens (tertiary/aromatic N) is 5. The van der Waals surface area contributed by atoms with Crippen molar-refractivity contribution < 1.29 is 9.21 Å². The highest BCUT2D eigenvalue weighted by Gasteiger charge is 2.49. The minimum atomic E-state index is -0.168. The molecule has 31 heavy (non-hydrogen) atoms. The highest BCUT2D eigenvalue weighted by molar-refractivity contribution is 5.94. The van der Waals surface area contributed by atoms with E-state index in [9.17, 15) is 4.79 Å². The fourth-order valence-corrected chi connectivity index (χ4v) is 4.98. The molecule has 4 heterocycles. The molecule has 0 bridgehead atoms. The second-order valence-corrected chi connectivity index (χ2v) is 8.82. The number of carbonyl (C=O) groups excluding carboxylic acids is 1. The van der Waals surface area contributed by atoms with Crippen LogP contribution in [0, 0.1) is 12.3 Å². The van der Waals surface area contributed by atoms with Crippen LogP contribution in [-0.4, -0.2) is 50.5 Å². The number of piperidine rings is 1. The van der Waals surface area contributed by atoms with Gasteiger partial charge < -0.3 is 9.32 Å². The molecule has 2 aliphatic rings. The van der Waals surface area contributed by atoms with Crippen LogP contribution in [0.3, 0.4) is 0 Å². The fraction of sp³-hybridized carbons (Fsp3) is 0.417. The van der Waals surface area contributed by atoms with Crippen molar-refractivity contribution >= 4 is 5.91 Å². The lowest BCUT2D eigenvalue weighted by atomic mass is 9.76. The fourth-order valence-electron chi connectivity index (χ4n) is 4.98. The average molecular weight is 418 g/mol. The van der Waals surface area contributed by atoms with Crippen molar-refractivity contribution in [2.24, 2.45) is 5.41 Å². The summed E-state index contributed by atoms with van der Waals surface area (Å²) in [7, 11) is 0. The summed E-state index contributed by atoms with van der Waals surface area (Å²) in [4.78, 5) is 22.1. The van der Waals surface area contributed by atoms with Crippen LogP contribution in [0.15, 0.2) is 59.3 Å². The van der Waals surface area contributed by atoms with Crippen molar-refractivity contribution in [3.8, 4) is 0 Å². The topological polar surface area (TPSA) is 75.4 Å². The van der Waals surface area contributed by atoms with E-state index in [-0.39, 0.29) is 17.4 Å². The summed E-state index contributed by atoms with van der Waals surface area (Å²) in [6.07, 6.45) is 6.72. The molecule has 2 aromatic heterocycles. The van der Waals surface area contributed by atoms with Crippen molar-refractivity contribution in [3.63, 3.8) is 0 Å². The van der Waals surface area contributed by atoms with Crippen molar-refractivity contribution in [3.05, 3.63) is 77.8 Å². The number of hydrogen-bond donors (Lipinski definition) is 0.